The lowest BCUT2D eigenvalue weighted by molar-refractivity contribution is -0.134. The van der Waals surface area contributed by atoms with Crippen molar-refractivity contribution in [2.24, 2.45) is 5.92 Å². The van der Waals surface area contributed by atoms with E-state index in [-0.39, 0.29) is 29.9 Å². The molecule has 33 heavy (non-hydrogen) atoms. The minimum atomic E-state index is -3.30. The van der Waals surface area contributed by atoms with Crippen LogP contribution >= 0.6 is 0 Å². The standard InChI is InChI=1S/C23H26N2O7S/c1-24(9-4-10-30-18-5-3-6-19(13-18)33(2,28)29)23(27)16-11-22(26)25(14-16)17-7-8-20-21(12-17)32-15-31-20/h3,5-8,12-13,16H,4,9-11,14-15H2,1-2H3. The van der Waals surface area contributed by atoms with E-state index in [4.69, 9.17) is 14.2 Å². The first kappa shape index (κ1) is 22.9. The van der Waals surface area contributed by atoms with Crippen LogP contribution in [0.15, 0.2) is 47.4 Å². The SMILES string of the molecule is CN(CCCOc1cccc(S(C)(=O)=O)c1)C(=O)C1CC(=O)N(c2ccc3c(c2)OCO3)C1. The van der Waals surface area contributed by atoms with Gasteiger partial charge in [-0.05, 0) is 36.8 Å². The van der Waals surface area contributed by atoms with Crippen molar-refractivity contribution in [1.82, 2.24) is 4.90 Å². The molecule has 0 aromatic heterocycles. The van der Waals surface area contributed by atoms with Crippen LogP contribution in [0.2, 0.25) is 0 Å². The van der Waals surface area contributed by atoms with Crippen LogP contribution in [0.4, 0.5) is 5.69 Å². The van der Waals surface area contributed by atoms with Crippen LogP contribution in [0.25, 0.3) is 0 Å². The van der Waals surface area contributed by atoms with E-state index in [0.717, 1.165) is 6.26 Å². The number of ether oxygens (including phenoxy) is 3. The lowest BCUT2D eigenvalue weighted by Crippen LogP contribution is -2.35. The Balaban J connectivity index is 1.27. The molecule has 0 N–H and O–H groups in total. The number of hydrogen-bond acceptors (Lipinski definition) is 7. The minimum absolute atomic E-state index is 0.0920. The van der Waals surface area contributed by atoms with Crippen LogP contribution in [-0.4, -0.2) is 64.9 Å². The van der Waals surface area contributed by atoms with Crippen molar-refractivity contribution >= 4 is 27.3 Å². The largest absolute Gasteiger partial charge is 0.493 e. The number of nitrogens with zero attached hydrogens (tertiary/aromatic N) is 2. The zero-order valence-corrected chi connectivity index (χ0v) is 19.3. The molecule has 1 unspecified atom stereocenters. The van der Waals surface area contributed by atoms with Crippen molar-refractivity contribution in [1.29, 1.82) is 0 Å². The minimum Gasteiger partial charge on any atom is -0.493 e. The number of rotatable bonds is 8. The smallest absolute Gasteiger partial charge is 0.231 e. The third-order valence-corrected chi connectivity index (χ3v) is 6.77. The Morgan fingerprint density at radius 1 is 1.18 bits per heavy atom. The van der Waals surface area contributed by atoms with E-state index in [1.807, 2.05) is 0 Å². The fourth-order valence-corrected chi connectivity index (χ4v) is 4.54. The molecule has 10 heteroatoms. The van der Waals surface area contributed by atoms with Gasteiger partial charge in [0.25, 0.3) is 0 Å². The Kier molecular flexibility index (Phi) is 6.46. The highest BCUT2D eigenvalue weighted by Crippen LogP contribution is 2.37. The van der Waals surface area contributed by atoms with E-state index in [0.29, 0.717) is 49.1 Å². The van der Waals surface area contributed by atoms with Crippen LogP contribution in [0.5, 0.6) is 17.2 Å². The molecule has 2 aliphatic heterocycles. The zero-order valence-electron chi connectivity index (χ0n) is 18.5. The number of amides is 2. The summed E-state index contributed by atoms with van der Waals surface area (Å²) < 4.78 is 39.6. The summed E-state index contributed by atoms with van der Waals surface area (Å²) in [6.45, 7) is 1.26. The van der Waals surface area contributed by atoms with E-state index < -0.39 is 15.8 Å². The van der Waals surface area contributed by atoms with Crippen molar-refractivity contribution in [3.05, 3.63) is 42.5 Å². The molecule has 2 aromatic rings. The van der Waals surface area contributed by atoms with Gasteiger partial charge >= 0.3 is 0 Å². The van der Waals surface area contributed by atoms with Crippen molar-refractivity contribution < 1.29 is 32.2 Å². The third kappa shape index (κ3) is 5.22. The number of carbonyl (C=O) groups excluding carboxylic acids is 2. The molecule has 9 nitrogen and oxygen atoms in total. The zero-order chi connectivity index (χ0) is 23.6. The molecule has 4 rings (SSSR count). The normalized spacial score (nSPS) is 17.3. The number of carbonyl (C=O) groups is 2. The van der Waals surface area contributed by atoms with E-state index in [1.54, 1.807) is 47.2 Å². The Labute approximate surface area is 192 Å². The van der Waals surface area contributed by atoms with Crippen molar-refractivity contribution in [2.45, 2.75) is 17.7 Å². The molecule has 2 heterocycles. The second-order valence-corrected chi connectivity index (χ2v) is 10.2. The molecule has 0 spiro atoms. The topological polar surface area (TPSA) is 102 Å². The maximum Gasteiger partial charge on any atom is 0.231 e. The fourth-order valence-electron chi connectivity index (χ4n) is 3.88. The van der Waals surface area contributed by atoms with E-state index in [2.05, 4.69) is 0 Å². The van der Waals surface area contributed by atoms with Crippen LogP contribution in [0.3, 0.4) is 0 Å². The third-order valence-electron chi connectivity index (χ3n) is 5.66. The Hall–Kier alpha value is -3.27. The molecular formula is C23H26N2O7S. The van der Waals surface area contributed by atoms with Gasteiger partial charge in [-0.15, -0.1) is 0 Å². The van der Waals surface area contributed by atoms with E-state index >= 15 is 0 Å². The monoisotopic (exact) mass is 474 g/mol. The summed E-state index contributed by atoms with van der Waals surface area (Å²) in [6, 6.07) is 11.6. The molecule has 0 radical (unpaired) electrons. The Morgan fingerprint density at radius 3 is 2.76 bits per heavy atom. The lowest BCUT2D eigenvalue weighted by atomic mass is 10.1. The van der Waals surface area contributed by atoms with Gasteiger partial charge in [-0.2, -0.15) is 0 Å². The average molecular weight is 475 g/mol. The second kappa shape index (κ2) is 9.30. The van der Waals surface area contributed by atoms with Crippen LogP contribution < -0.4 is 19.1 Å². The first-order valence-electron chi connectivity index (χ1n) is 10.6. The molecule has 0 bridgehead atoms. The summed E-state index contributed by atoms with van der Waals surface area (Å²) in [6.07, 6.45) is 1.87. The van der Waals surface area contributed by atoms with Gasteiger partial charge in [0.2, 0.25) is 18.6 Å². The quantitative estimate of drug-likeness (QED) is 0.540. The predicted molar refractivity (Wildman–Crippen MR) is 120 cm³/mol. The molecule has 2 aromatic carbocycles. The highest BCUT2D eigenvalue weighted by atomic mass is 32.2. The number of hydrogen-bond donors (Lipinski definition) is 0. The van der Waals surface area contributed by atoms with Crippen molar-refractivity contribution in [2.75, 3.05) is 44.7 Å². The van der Waals surface area contributed by atoms with Crippen LogP contribution in [0.1, 0.15) is 12.8 Å². The molecule has 1 saturated heterocycles. The van der Waals surface area contributed by atoms with Gasteiger partial charge < -0.3 is 24.0 Å². The average Bonchev–Trinajstić information content (AvgIpc) is 3.41. The summed E-state index contributed by atoms with van der Waals surface area (Å²) in [4.78, 5) is 28.8. The highest BCUT2D eigenvalue weighted by molar-refractivity contribution is 7.90. The number of sulfone groups is 1. The van der Waals surface area contributed by atoms with Gasteiger partial charge in [-0.25, -0.2) is 8.42 Å². The summed E-state index contributed by atoms with van der Waals surface area (Å²) in [5.41, 5.74) is 0.687. The molecular weight excluding hydrogens is 448 g/mol. The van der Waals surface area contributed by atoms with Gasteiger partial charge in [0.15, 0.2) is 21.3 Å². The summed E-state index contributed by atoms with van der Waals surface area (Å²) in [5.74, 6) is 1.09. The summed E-state index contributed by atoms with van der Waals surface area (Å²) in [7, 11) is -1.59. The molecule has 0 saturated carbocycles. The van der Waals surface area contributed by atoms with E-state index in [9.17, 15) is 18.0 Å². The predicted octanol–water partition coefficient (Wildman–Crippen LogP) is 2.10. The van der Waals surface area contributed by atoms with Gasteiger partial charge in [0, 0.05) is 44.6 Å². The molecule has 2 aliphatic rings. The maximum atomic E-state index is 12.9. The summed E-state index contributed by atoms with van der Waals surface area (Å²) in [5, 5.41) is 0. The second-order valence-electron chi connectivity index (χ2n) is 8.15. The first-order valence-corrected chi connectivity index (χ1v) is 12.5. The first-order chi connectivity index (χ1) is 15.7. The van der Waals surface area contributed by atoms with E-state index in [1.165, 1.54) is 12.1 Å². The summed E-state index contributed by atoms with van der Waals surface area (Å²) >= 11 is 0. The molecule has 1 atom stereocenters. The van der Waals surface area contributed by atoms with Gasteiger partial charge in [0.05, 0.1) is 17.4 Å². The Bertz CT molecular complexity index is 1170. The maximum absolute atomic E-state index is 12.9. The van der Waals surface area contributed by atoms with Crippen molar-refractivity contribution in [3.63, 3.8) is 0 Å². The van der Waals surface area contributed by atoms with Gasteiger partial charge in [-0.1, -0.05) is 6.07 Å². The lowest BCUT2D eigenvalue weighted by Gasteiger charge is -2.21. The van der Waals surface area contributed by atoms with Gasteiger partial charge in [-0.3, -0.25) is 9.59 Å². The molecule has 1 fully saturated rings. The number of fused-ring (bicyclic) bond motifs is 1. The molecule has 176 valence electrons. The number of anilines is 1. The fraction of sp³-hybridized carbons (Fsp3) is 0.391. The molecule has 0 aliphatic carbocycles. The van der Waals surface area contributed by atoms with Crippen molar-refractivity contribution in [3.8, 4) is 17.2 Å². The van der Waals surface area contributed by atoms with Gasteiger partial charge in [0.1, 0.15) is 5.75 Å². The highest BCUT2D eigenvalue weighted by Gasteiger charge is 2.36. The molecule has 2 amide bonds. The van der Waals surface area contributed by atoms with Crippen LogP contribution in [-0.2, 0) is 19.4 Å². The Morgan fingerprint density at radius 2 is 1.97 bits per heavy atom. The van der Waals surface area contributed by atoms with Crippen LogP contribution in [0, 0.1) is 5.92 Å². The number of benzene rings is 2.